The van der Waals surface area contributed by atoms with Gasteiger partial charge in [-0.15, -0.1) is 0 Å². The van der Waals surface area contributed by atoms with E-state index in [1.54, 1.807) is 0 Å². The van der Waals surface area contributed by atoms with Gasteiger partial charge in [-0.25, -0.2) is 4.98 Å². The highest BCUT2D eigenvalue weighted by molar-refractivity contribution is 5.61. The molecule has 0 aliphatic heterocycles. The number of aryl methyl sites for hydroxylation is 2. The predicted molar refractivity (Wildman–Crippen MR) is 78.0 cm³/mol. The third-order valence-electron chi connectivity index (χ3n) is 3.98. The minimum atomic E-state index is 0.471. The summed E-state index contributed by atoms with van der Waals surface area (Å²) < 4.78 is 0. The third-order valence-corrected chi connectivity index (χ3v) is 3.98. The number of rotatable bonds is 4. The van der Waals surface area contributed by atoms with E-state index in [-0.39, 0.29) is 0 Å². The van der Waals surface area contributed by atoms with E-state index >= 15 is 0 Å². The summed E-state index contributed by atoms with van der Waals surface area (Å²) in [6.07, 6.45) is 6.60. The topological polar surface area (TPSA) is 54.7 Å². The lowest BCUT2D eigenvalue weighted by atomic mass is 10.0. The molecule has 1 aromatic heterocycles. The summed E-state index contributed by atoms with van der Waals surface area (Å²) in [5.74, 6) is 1.51. The first-order chi connectivity index (χ1) is 9.26. The van der Waals surface area contributed by atoms with Crippen LogP contribution in [0.5, 0.6) is 0 Å². The van der Waals surface area contributed by atoms with Gasteiger partial charge in [0.05, 0.1) is 11.9 Å². The lowest BCUT2D eigenvalue weighted by molar-refractivity contribution is 0.577. The van der Waals surface area contributed by atoms with Crippen molar-refractivity contribution in [1.82, 2.24) is 9.97 Å². The molecule has 3 heteroatoms. The van der Waals surface area contributed by atoms with E-state index in [1.807, 2.05) is 6.20 Å². The van der Waals surface area contributed by atoms with E-state index < -0.39 is 0 Å². The molecule has 100 valence electrons. The zero-order chi connectivity index (χ0) is 13.2. The second-order valence-electron chi connectivity index (χ2n) is 5.63. The molecule has 2 aromatic rings. The van der Waals surface area contributed by atoms with E-state index in [2.05, 4.69) is 35.1 Å². The van der Waals surface area contributed by atoms with Gasteiger partial charge in [0.25, 0.3) is 0 Å². The average molecular weight is 255 g/mol. The molecule has 1 unspecified atom stereocenters. The van der Waals surface area contributed by atoms with Crippen molar-refractivity contribution in [2.24, 2.45) is 11.7 Å². The molecule has 1 aromatic carbocycles. The summed E-state index contributed by atoms with van der Waals surface area (Å²) in [5.41, 5.74) is 11.0. The zero-order valence-electron chi connectivity index (χ0n) is 11.4. The molecule has 0 spiro atoms. The molecule has 3 N–H and O–H groups in total. The molecule has 3 rings (SSSR count). The number of aromatic nitrogens is 2. The van der Waals surface area contributed by atoms with Crippen molar-refractivity contribution in [1.29, 1.82) is 0 Å². The largest absolute Gasteiger partial charge is 0.342 e. The van der Waals surface area contributed by atoms with Crippen LogP contribution in [0.1, 0.15) is 30.3 Å². The Morgan fingerprint density at radius 1 is 1.32 bits per heavy atom. The van der Waals surface area contributed by atoms with Gasteiger partial charge < -0.3 is 10.7 Å². The Morgan fingerprint density at radius 2 is 2.16 bits per heavy atom. The molecule has 0 radical (unpaired) electrons. The second-order valence-corrected chi connectivity index (χ2v) is 5.63. The van der Waals surface area contributed by atoms with Crippen LogP contribution in [0.15, 0.2) is 24.4 Å². The first kappa shape index (κ1) is 12.4. The molecule has 1 atom stereocenters. The number of nitrogens with one attached hydrogen (secondary N) is 1. The fourth-order valence-corrected chi connectivity index (χ4v) is 2.77. The highest BCUT2D eigenvalue weighted by atomic mass is 14.9. The van der Waals surface area contributed by atoms with Gasteiger partial charge in [0.1, 0.15) is 5.82 Å². The van der Waals surface area contributed by atoms with Crippen LogP contribution in [0.25, 0.3) is 11.3 Å². The Hall–Kier alpha value is -1.61. The zero-order valence-corrected chi connectivity index (χ0v) is 11.4. The first-order valence-corrected chi connectivity index (χ1v) is 7.12. The van der Waals surface area contributed by atoms with Crippen LogP contribution in [0, 0.1) is 5.92 Å². The maximum Gasteiger partial charge on any atom is 0.106 e. The number of fused-ring (bicyclic) bond motifs is 1. The Balaban J connectivity index is 1.82. The molecular weight excluding hydrogens is 234 g/mol. The van der Waals surface area contributed by atoms with Crippen molar-refractivity contribution in [3.05, 3.63) is 41.3 Å². The number of aromatic amines is 1. The number of imidazole rings is 1. The monoisotopic (exact) mass is 255 g/mol. The van der Waals surface area contributed by atoms with E-state index in [0.717, 1.165) is 17.9 Å². The van der Waals surface area contributed by atoms with Crippen LogP contribution in [0.4, 0.5) is 0 Å². The van der Waals surface area contributed by atoms with Crippen LogP contribution >= 0.6 is 0 Å². The van der Waals surface area contributed by atoms with Crippen LogP contribution in [-0.4, -0.2) is 16.5 Å². The van der Waals surface area contributed by atoms with Gasteiger partial charge in [0.15, 0.2) is 0 Å². The van der Waals surface area contributed by atoms with Crippen molar-refractivity contribution >= 4 is 0 Å². The maximum atomic E-state index is 5.66. The third kappa shape index (κ3) is 2.56. The lowest BCUT2D eigenvalue weighted by Crippen LogP contribution is -2.13. The Morgan fingerprint density at radius 3 is 3.00 bits per heavy atom. The molecule has 0 saturated carbocycles. The normalized spacial score (nSPS) is 15.5. The minimum Gasteiger partial charge on any atom is -0.342 e. The van der Waals surface area contributed by atoms with Gasteiger partial charge in [0, 0.05) is 6.42 Å². The molecule has 0 fully saturated rings. The minimum absolute atomic E-state index is 0.471. The Bertz CT molecular complexity index is 571. The summed E-state index contributed by atoms with van der Waals surface area (Å²) in [7, 11) is 0. The van der Waals surface area contributed by atoms with Crippen molar-refractivity contribution in [3.63, 3.8) is 0 Å². The predicted octanol–water partition coefficient (Wildman–Crippen LogP) is 2.70. The molecule has 1 aliphatic rings. The van der Waals surface area contributed by atoms with Crippen LogP contribution in [0.3, 0.4) is 0 Å². The smallest absolute Gasteiger partial charge is 0.106 e. The fourth-order valence-electron chi connectivity index (χ4n) is 2.77. The van der Waals surface area contributed by atoms with Crippen molar-refractivity contribution in [2.75, 3.05) is 6.54 Å². The quantitative estimate of drug-likeness (QED) is 0.882. The Labute approximate surface area is 114 Å². The van der Waals surface area contributed by atoms with Crippen molar-refractivity contribution in [3.8, 4) is 11.3 Å². The van der Waals surface area contributed by atoms with Gasteiger partial charge >= 0.3 is 0 Å². The number of nitrogens with zero attached hydrogens (tertiary/aromatic N) is 1. The number of benzene rings is 1. The number of hydrogen-bond donors (Lipinski definition) is 2. The van der Waals surface area contributed by atoms with Gasteiger partial charge in [-0.2, -0.15) is 0 Å². The molecule has 0 saturated heterocycles. The average Bonchev–Trinajstić information content (AvgIpc) is 3.05. The highest BCUT2D eigenvalue weighted by Gasteiger charge is 2.12. The molecule has 3 nitrogen and oxygen atoms in total. The number of nitrogens with two attached hydrogens (primary N) is 1. The van der Waals surface area contributed by atoms with Gasteiger partial charge in [0.2, 0.25) is 0 Å². The number of H-pyrrole nitrogens is 1. The van der Waals surface area contributed by atoms with Gasteiger partial charge in [-0.3, -0.25) is 0 Å². The Kier molecular flexibility index (Phi) is 3.38. The molecule has 0 amide bonds. The fraction of sp³-hybridized carbons (Fsp3) is 0.438. The molecular formula is C16H21N3. The summed E-state index contributed by atoms with van der Waals surface area (Å²) in [5, 5.41) is 0. The molecule has 1 aliphatic carbocycles. The van der Waals surface area contributed by atoms with Crippen LogP contribution in [-0.2, 0) is 19.3 Å². The van der Waals surface area contributed by atoms with Crippen LogP contribution < -0.4 is 5.73 Å². The standard InChI is InChI=1S/C16H21N3/c1-11(9-17)7-16-18-10-15(19-16)14-6-5-12-3-2-4-13(12)8-14/h5-6,8,10-11H,2-4,7,9,17H2,1H3,(H,18,19). The number of hydrogen-bond acceptors (Lipinski definition) is 2. The van der Waals surface area contributed by atoms with E-state index in [4.69, 9.17) is 5.73 Å². The van der Waals surface area contributed by atoms with E-state index in [9.17, 15) is 0 Å². The lowest BCUT2D eigenvalue weighted by Gasteiger charge is -2.05. The first-order valence-electron chi connectivity index (χ1n) is 7.12. The summed E-state index contributed by atoms with van der Waals surface area (Å²) in [6, 6.07) is 6.78. The molecule has 19 heavy (non-hydrogen) atoms. The summed E-state index contributed by atoms with van der Waals surface area (Å²) in [6.45, 7) is 2.85. The molecule has 0 bridgehead atoms. The maximum absolute atomic E-state index is 5.66. The SMILES string of the molecule is CC(CN)Cc1ncc(-c2ccc3c(c2)CCC3)[nH]1. The van der Waals surface area contributed by atoms with Crippen molar-refractivity contribution < 1.29 is 0 Å². The van der Waals surface area contributed by atoms with Crippen molar-refractivity contribution in [2.45, 2.75) is 32.6 Å². The van der Waals surface area contributed by atoms with Crippen LogP contribution in [0.2, 0.25) is 0 Å². The summed E-state index contributed by atoms with van der Waals surface area (Å²) >= 11 is 0. The van der Waals surface area contributed by atoms with E-state index in [1.165, 1.54) is 36.0 Å². The summed E-state index contributed by atoms with van der Waals surface area (Å²) in [4.78, 5) is 7.88. The van der Waals surface area contributed by atoms with Gasteiger partial charge in [-0.05, 0) is 54.5 Å². The van der Waals surface area contributed by atoms with E-state index in [0.29, 0.717) is 12.5 Å². The highest BCUT2D eigenvalue weighted by Crippen LogP contribution is 2.27. The molecule has 1 heterocycles. The van der Waals surface area contributed by atoms with Gasteiger partial charge in [-0.1, -0.05) is 19.1 Å². The second kappa shape index (κ2) is 5.17.